The van der Waals surface area contributed by atoms with Gasteiger partial charge in [-0.1, -0.05) is 19.1 Å². The third-order valence-corrected chi connectivity index (χ3v) is 11.8. The molecule has 60 heavy (non-hydrogen) atoms. The lowest BCUT2D eigenvalue weighted by atomic mass is 9.91. The molecule has 0 bridgehead atoms. The predicted molar refractivity (Wildman–Crippen MR) is 209 cm³/mol. The molecule has 1 unspecified atom stereocenters. The molecule has 10 nitrogen and oxygen atoms in total. The molecule has 3 aromatic heterocycles. The zero-order valence-corrected chi connectivity index (χ0v) is 33.3. The summed E-state index contributed by atoms with van der Waals surface area (Å²) < 4.78 is 138. The van der Waals surface area contributed by atoms with Gasteiger partial charge in [-0.05, 0) is 50.9 Å². The smallest absolute Gasteiger partial charge is 0.420 e. The van der Waals surface area contributed by atoms with E-state index in [4.69, 9.17) is 15.2 Å². The number of ether oxygens (including phenoxy) is 2. The summed E-state index contributed by atoms with van der Waals surface area (Å²) in [5.74, 6) is -2.82. The van der Waals surface area contributed by atoms with E-state index in [-0.39, 0.29) is 94.6 Å². The van der Waals surface area contributed by atoms with Crippen molar-refractivity contribution in [1.82, 2.24) is 19.9 Å². The second kappa shape index (κ2) is 16.3. The first-order chi connectivity index (χ1) is 28.4. The molecule has 8 rings (SSSR count). The van der Waals surface area contributed by atoms with E-state index in [0.717, 1.165) is 36.8 Å². The van der Waals surface area contributed by atoms with Crippen LogP contribution in [0.25, 0.3) is 32.1 Å². The third-order valence-electron chi connectivity index (χ3n) is 10.7. The van der Waals surface area contributed by atoms with Crippen LogP contribution >= 0.6 is 11.3 Å². The Bertz CT molecular complexity index is 2470. The number of anilines is 3. The summed E-state index contributed by atoms with van der Waals surface area (Å²) >= 11 is 0.851. The number of nitrogen functional groups attached to an aromatic ring is 1. The molecule has 320 valence electrons. The Labute approximate surface area is 342 Å². The van der Waals surface area contributed by atoms with E-state index in [1.54, 1.807) is 30.9 Å². The van der Waals surface area contributed by atoms with Gasteiger partial charge >= 0.3 is 18.4 Å². The van der Waals surface area contributed by atoms with Gasteiger partial charge in [0.05, 0.1) is 27.7 Å². The summed E-state index contributed by atoms with van der Waals surface area (Å²) in [6, 6.07) is 6.79. The summed E-state index contributed by atoms with van der Waals surface area (Å²) in [6.07, 6.45) is -7.76. The first kappa shape index (κ1) is 42.8. The number of thiophene rings is 1. The Morgan fingerprint density at radius 1 is 1.12 bits per heavy atom. The number of halogens is 9. The third kappa shape index (κ3) is 8.12. The van der Waals surface area contributed by atoms with Gasteiger partial charge in [0.15, 0.2) is 5.82 Å². The fourth-order valence-electron chi connectivity index (χ4n) is 8.03. The van der Waals surface area contributed by atoms with Crippen molar-refractivity contribution in [2.45, 2.75) is 83.1 Å². The maximum Gasteiger partial charge on any atom is 0.420 e. The van der Waals surface area contributed by atoms with Crippen molar-refractivity contribution in [2.24, 2.45) is 0 Å². The number of nitrogens with zero attached hydrogens (tertiary/aromatic N) is 6. The summed E-state index contributed by atoms with van der Waals surface area (Å²) in [7, 11) is 0. The monoisotopic (exact) mass is 866 g/mol. The molecule has 20 heteroatoms. The minimum atomic E-state index is -5.21. The highest BCUT2D eigenvalue weighted by molar-refractivity contribution is 7.23. The van der Waals surface area contributed by atoms with Gasteiger partial charge in [-0.15, -0.1) is 11.3 Å². The van der Waals surface area contributed by atoms with Crippen LogP contribution in [0.5, 0.6) is 11.8 Å². The van der Waals surface area contributed by atoms with Crippen LogP contribution in [0.1, 0.15) is 63.1 Å². The summed E-state index contributed by atoms with van der Waals surface area (Å²) in [5.41, 5.74) is 2.58. The minimum absolute atomic E-state index is 0.00179. The van der Waals surface area contributed by atoms with Gasteiger partial charge in [-0.2, -0.15) is 41.6 Å². The van der Waals surface area contributed by atoms with Crippen molar-refractivity contribution in [3.8, 4) is 29.0 Å². The number of nitrogens with one attached hydrogen (secondary N) is 1. The Morgan fingerprint density at radius 3 is 2.53 bits per heavy atom. The summed E-state index contributed by atoms with van der Waals surface area (Å²) in [6.45, 7) is 5.29. The molecular weight excluding hydrogens is 828 g/mol. The van der Waals surface area contributed by atoms with Crippen molar-refractivity contribution in [3.05, 3.63) is 58.8 Å². The fraction of sp³-hybridized carbons (Fsp3) is 0.450. The van der Waals surface area contributed by atoms with E-state index in [1.807, 2.05) is 11.0 Å². The number of aromatic nitrogens is 3. The molecule has 2 fully saturated rings. The highest BCUT2D eigenvalue weighted by atomic mass is 32.1. The molecule has 2 atom stereocenters. The van der Waals surface area contributed by atoms with Gasteiger partial charge < -0.3 is 25.4 Å². The first-order valence-corrected chi connectivity index (χ1v) is 19.9. The molecule has 0 spiro atoms. The highest BCUT2D eigenvalue weighted by Gasteiger charge is 2.50. The van der Waals surface area contributed by atoms with Crippen LogP contribution in [0, 0.1) is 23.0 Å². The normalized spacial score (nSPS) is 19.2. The zero-order chi connectivity index (χ0) is 43.3. The Hall–Kier alpha value is -5.29. The number of hydrogen-bond donors (Lipinski definition) is 2. The number of pyridine rings is 1. The molecule has 3 aliphatic rings. The van der Waals surface area contributed by atoms with E-state index in [0.29, 0.717) is 18.5 Å². The second-order valence-corrected chi connectivity index (χ2v) is 16.1. The Kier molecular flexibility index (Phi) is 11.6. The number of nitrogens with two attached hydrogens (primary N) is 1. The average molecular weight is 867 g/mol. The van der Waals surface area contributed by atoms with Crippen molar-refractivity contribution >= 4 is 49.0 Å². The lowest BCUT2D eigenvalue weighted by Crippen LogP contribution is -2.43. The number of nitriles is 1. The van der Waals surface area contributed by atoms with Crippen LogP contribution in [-0.4, -0.2) is 76.6 Å². The highest BCUT2D eigenvalue weighted by Crippen LogP contribution is 2.54. The largest absolute Gasteiger partial charge is 0.490 e. The van der Waals surface area contributed by atoms with E-state index in [2.05, 4.69) is 20.3 Å². The Balaban J connectivity index is 0.000000846. The van der Waals surface area contributed by atoms with Crippen LogP contribution in [0.15, 0.2) is 30.5 Å². The van der Waals surface area contributed by atoms with Crippen LogP contribution in [0.2, 0.25) is 0 Å². The SMILES string of the molecule is CC(C)Nc1sc2c(F)ccc(-c3c(C(F)(F)F)c4c5c(nc(OC[C@@]67CCCN6CC(F)C7)nc5c3F)N(Cc3cccnc3N)CCO4)c2c1C#N.CCC(F)(F)F. The molecular formula is C40H39F9N8O2S. The number of fused-ring (bicyclic) bond motifs is 2. The second-order valence-electron chi connectivity index (χ2n) is 15.1. The molecule has 0 amide bonds. The summed E-state index contributed by atoms with van der Waals surface area (Å²) in [5, 5.41) is 13.0. The lowest BCUT2D eigenvalue weighted by molar-refractivity contribution is -0.138. The zero-order valence-electron chi connectivity index (χ0n) is 32.5. The van der Waals surface area contributed by atoms with Gasteiger partial charge in [0.1, 0.15) is 64.7 Å². The first-order valence-electron chi connectivity index (χ1n) is 19.1. The number of hydrogen-bond acceptors (Lipinski definition) is 11. The molecule has 2 saturated heterocycles. The van der Waals surface area contributed by atoms with Crippen LogP contribution in [-0.2, 0) is 12.7 Å². The lowest BCUT2D eigenvalue weighted by Gasteiger charge is -2.31. The minimum Gasteiger partial charge on any atom is -0.490 e. The van der Waals surface area contributed by atoms with E-state index < -0.39 is 64.5 Å². The molecule has 0 saturated carbocycles. The molecule has 0 aliphatic carbocycles. The van der Waals surface area contributed by atoms with Gasteiger partial charge in [-0.3, -0.25) is 4.90 Å². The maximum absolute atomic E-state index is 17.5. The van der Waals surface area contributed by atoms with Gasteiger partial charge in [0.25, 0.3) is 0 Å². The molecule has 2 aromatic carbocycles. The molecule has 3 aliphatic heterocycles. The van der Waals surface area contributed by atoms with E-state index >= 15 is 22.0 Å². The van der Waals surface area contributed by atoms with Gasteiger partial charge in [0, 0.05) is 54.7 Å². The number of benzene rings is 2. The van der Waals surface area contributed by atoms with E-state index in [1.165, 1.54) is 6.20 Å². The standard InChI is InChI=1S/C37H34F6N8O2S.C3H5F3/c1-18(2)47-34-22(14-44)24-21(6-7-23(39)31(24)54-34)25-27(37(41,42)43)30-26-29(28(25)40)48-35(53-17-36-8-4-10-51(36)16-20(38)13-36)49-33(26)50(11-12-52-30)15-19-5-3-9-46-32(19)45;1-2-3(4,5)6/h3,5-7,9,18,20,47H,4,8,10-13,15-17H2,1-2H3,(H2,45,46);2H2,1H3/t20?,36-;/m0./s1. The van der Waals surface area contributed by atoms with Crippen molar-refractivity contribution in [3.63, 3.8) is 0 Å². The van der Waals surface area contributed by atoms with Crippen LogP contribution < -0.4 is 25.4 Å². The van der Waals surface area contributed by atoms with Crippen LogP contribution in [0.3, 0.4) is 0 Å². The van der Waals surface area contributed by atoms with Crippen molar-refractivity contribution in [2.75, 3.05) is 48.8 Å². The summed E-state index contributed by atoms with van der Waals surface area (Å²) in [4.78, 5) is 16.7. The topological polar surface area (TPSA) is 125 Å². The van der Waals surface area contributed by atoms with Gasteiger partial charge in [-0.25, -0.2) is 18.2 Å². The molecule has 3 N–H and O–H groups in total. The molecule has 5 aromatic rings. The maximum atomic E-state index is 17.5. The quantitative estimate of drug-likeness (QED) is 0.146. The van der Waals surface area contributed by atoms with Crippen molar-refractivity contribution < 1.29 is 49.0 Å². The van der Waals surface area contributed by atoms with Crippen LogP contribution in [0.4, 0.5) is 56.2 Å². The number of rotatable bonds is 8. The molecule has 0 radical (unpaired) electrons. The predicted octanol–water partition coefficient (Wildman–Crippen LogP) is 9.79. The van der Waals surface area contributed by atoms with Crippen molar-refractivity contribution in [1.29, 1.82) is 5.26 Å². The number of alkyl halides is 7. The van der Waals surface area contributed by atoms with E-state index in [9.17, 15) is 22.8 Å². The van der Waals surface area contributed by atoms with Gasteiger partial charge in [0.2, 0.25) is 0 Å². The Morgan fingerprint density at radius 2 is 1.87 bits per heavy atom. The molecule has 6 heterocycles. The fourth-order valence-corrected chi connectivity index (χ4v) is 9.26. The average Bonchev–Trinajstić information content (AvgIpc) is 3.80.